The number of hydrogen-bond acceptors (Lipinski definition) is 6. The first-order valence-electron chi connectivity index (χ1n) is 12.0. The van der Waals surface area contributed by atoms with Gasteiger partial charge in [-0.25, -0.2) is 0 Å². The van der Waals surface area contributed by atoms with Crippen molar-refractivity contribution in [1.29, 1.82) is 0 Å². The van der Waals surface area contributed by atoms with E-state index in [9.17, 15) is 0 Å². The third kappa shape index (κ3) is 18.5. The van der Waals surface area contributed by atoms with Crippen molar-refractivity contribution in [3.05, 3.63) is 12.3 Å². The van der Waals surface area contributed by atoms with E-state index in [-0.39, 0.29) is 0 Å². The molecule has 0 aliphatic carbocycles. The number of unbranched alkanes of at least 4 members (excludes halogenated alkanes) is 3. The van der Waals surface area contributed by atoms with Gasteiger partial charge in [0.25, 0.3) is 0 Å². The fraction of sp³-hybridized carbons (Fsp3) is 0.913. The van der Waals surface area contributed by atoms with Gasteiger partial charge in [0.1, 0.15) is 0 Å². The second kappa shape index (κ2) is 23.4. The van der Waals surface area contributed by atoms with Crippen LogP contribution in [0.3, 0.4) is 0 Å². The van der Waals surface area contributed by atoms with Crippen molar-refractivity contribution in [3.63, 3.8) is 0 Å². The van der Waals surface area contributed by atoms with Crippen LogP contribution in [-0.2, 0) is 27.5 Å². The first-order chi connectivity index (χ1) is 14.7. The highest BCUT2D eigenvalue weighted by atomic mass is 28.4. The highest BCUT2D eigenvalue weighted by molar-refractivity contribution is 6.66. The zero-order chi connectivity index (χ0) is 22.2. The van der Waals surface area contributed by atoms with E-state index in [1.54, 1.807) is 5.70 Å². The van der Waals surface area contributed by atoms with Crippen molar-refractivity contribution in [2.75, 3.05) is 59.5 Å². The number of rotatable bonds is 25. The van der Waals surface area contributed by atoms with Gasteiger partial charge in [-0.2, -0.15) is 0 Å². The number of hydrogen-bond donors (Lipinski definition) is 0. The van der Waals surface area contributed by atoms with Gasteiger partial charge in [0, 0.05) is 59.5 Å². The predicted octanol–water partition coefficient (Wildman–Crippen LogP) is 5.32. The Labute approximate surface area is 187 Å². The fourth-order valence-corrected chi connectivity index (χ4v) is 4.36. The molecule has 0 aromatic rings. The molecule has 0 amide bonds. The molecule has 0 radical (unpaired) electrons. The quantitative estimate of drug-likeness (QED) is 0.139. The van der Waals surface area contributed by atoms with Crippen molar-refractivity contribution in [2.45, 2.75) is 78.6 Å². The third-order valence-electron chi connectivity index (χ3n) is 4.39. The standard InChI is InChI=1S/C23H48O6Si/c1-5-9-15-24-18-12-21-27-30(8-4,28-22-13-19-25-16-10-6-2)29-23-14-20-26-17-11-7-3/h8H,4-7,9-23H2,1-3H3. The first kappa shape index (κ1) is 29.7. The topological polar surface area (TPSA) is 55.4 Å². The molecule has 0 spiro atoms. The molecule has 0 N–H and O–H groups in total. The molecule has 0 aliphatic rings. The second-order valence-corrected chi connectivity index (χ2v) is 9.79. The minimum atomic E-state index is -2.90. The Morgan fingerprint density at radius 2 is 0.800 bits per heavy atom. The second-order valence-electron chi connectivity index (χ2n) is 7.31. The van der Waals surface area contributed by atoms with Gasteiger partial charge in [0.15, 0.2) is 0 Å². The molecule has 0 bridgehead atoms. The lowest BCUT2D eigenvalue weighted by Gasteiger charge is -2.27. The average Bonchev–Trinajstić information content (AvgIpc) is 2.76. The smallest absolute Gasteiger partial charge is 0.381 e. The van der Waals surface area contributed by atoms with E-state index < -0.39 is 8.80 Å². The van der Waals surface area contributed by atoms with Gasteiger partial charge in [-0.15, -0.1) is 0 Å². The molecule has 7 heteroatoms. The predicted molar refractivity (Wildman–Crippen MR) is 125 cm³/mol. The average molecular weight is 449 g/mol. The fourth-order valence-electron chi connectivity index (χ4n) is 2.47. The molecule has 0 aliphatic heterocycles. The molecular formula is C23H48O6Si. The summed E-state index contributed by atoms with van der Waals surface area (Å²) >= 11 is 0. The van der Waals surface area contributed by atoms with Gasteiger partial charge in [0.2, 0.25) is 0 Å². The van der Waals surface area contributed by atoms with Crippen LogP contribution in [0.4, 0.5) is 0 Å². The normalized spacial score (nSPS) is 11.8. The van der Waals surface area contributed by atoms with Crippen LogP contribution in [0.5, 0.6) is 0 Å². The summed E-state index contributed by atoms with van der Waals surface area (Å²) in [7, 11) is -2.90. The molecule has 0 saturated heterocycles. The van der Waals surface area contributed by atoms with E-state index in [2.05, 4.69) is 27.4 Å². The maximum absolute atomic E-state index is 6.09. The Morgan fingerprint density at radius 3 is 1.07 bits per heavy atom. The van der Waals surface area contributed by atoms with Gasteiger partial charge < -0.3 is 27.5 Å². The lowest BCUT2D eigenvalue weighted by atomic mass is 10.4. The van der Waals surface area contributed by atoms with Crippen LogP contribution in [0.2, 0.25) is 0 Å². The molecule has 0 fully saturated rings. The van der Waals surface area contributed by atoms with Crippen molar-refractivity contribution in [3.8, 4) is 0 Å². The molecule has 0 saturated carbocycles. The van der Waals surface area contributed by atoms with Crippen LogP contribution in [0, 0.1) is 0 Å². The summed E-state index contributed by atoms with van der Waals surface area (Å²) in [4.78, 5) is 0. The molecular weight excluding hydrogens is 400 g/mol. The van der Waals surface area contributed by atoms with Crippen LogP contribution in [0.25, 0.3) is 0 Å². The van der Waals surface area contributed by atoms with E-state index in [1.165, 1.54) is 0 Å². The Hall–Kier alpha value is -0.283. The van der Waals surface area contributed by atoms with E-state index in [1.807, 2.05) is 0 Å². The van der Waals surface area contributed by atoms with E-state index in [4.69, 9.17) is 27.5 Å². The highest BCUT2D eigenvalue weighted by Crippen LogP contribution is 2.13. The van der Waals surface area contributed by atoms with E-state index in [0.717, 1.165) is 77.6 Å². The van der Waals surface area contributed by atoms with Gasteiger partial charge in [-0.1, -0.05) is 46.6 Å². The van der Waals surface area contributed by atoms with Gasteiger partial charge >= 0.3 is 8.80 Å². The maximum Gasteiger partial charge on any atom is 0.529 e. The summed E-state index contributed by atoms with van der Waals surface area (Å²) in [5, 5.41) is 0. The lowest BCUT2D eigenvalue weighted by Crippen LogP contribution is -2.45. The number of ether oxygens (including phenoxy) is 3. The van der Waals surface area contributed by atoms with Gasteiger partial charge in [-0.05, 0) is 44.2 Å². The zero-order valence-corrected chi connectivity index (χ0v) is 21.0. The van der Waals surface area contributed by atoms with Crippen molar-refractivity contribution in [1.82, 2.24) is 0 Å². The summed E-state index contributed by atoms with van der Waals surface area (Å²) in [5.74, 6) is 0. The Kier molecular flexibility index (Phi) is 23.2. The molecule has 0 heterocycles. The minimum Gasteiger partial charge on any atom is -0.381 e. The molecule has 0 rings (SSSR count). The van der Waals surface area contributed by atoms with Crippen LogP contribution in [0.1, 0.15) is 78.6 Å². The van der Waals surface area contributed by atoms with Crippen LogP contribution >= 0.6 is 0 Å². The van der Waals surface area contributed by atoms with E-state index in [0.29, 0.717) is 39.6 Å². The van der Waals surface area contributed by atoms with Gasteiger partial charge in [0.05, 0.1) is 0 Å². The summed E-state index contributed by atoms with van der Waals surface area (Å²) in [5.41, 5.74) is 1.74. The van der Waals surface area contributed by atoms with Crippen LogP contribution < -0.4 is 0 Å². The first-order valence-corrected chi connectivity index (χ1v) is 13.8. The van der Waals surface area contributed by atoms with Crippen molar-refractivity contribution in [2.24, 2.45) is 0 Å². The van der Waals surface area contributed by atoms with E-state index >= 15 is 0 Å². The largest absolute Gasteiger partial charge is 0.529 e. The summed E-state index contributed by atoms with van der Waals surface area (Å²) in [6, 6.07) is 0. The summed E-state index contributed by atoms with van der Waals surface area (Å²) in [6.07, 6.45) is 9.19. The molecule has 0 unspecified atom stereocenters. The molecule has 6 nitrogen and oxygen atoms in total. The minimum absolute atomic E-state index is 0.546. The highest BCUT2D eigenvalue weighted by Gasteiger charge is 2.37. The lowest BCUT2D eigenvalue weighted by molar-refractivity contribution is 0.0420. The van der Waals surface area contributed by atoms with Crippen molar-refractivity contribution >= 4 is 8.80 Å². The Bertz CT molecular complexity index is 311. The van der Waals surface area contributed by atoms with Crippen LogP contribution in [-0.4, -0.2) is 68.3 Å². The summed E-state index contributed by atoms with van der Waals surface area (Å²) in [6.45, 7) is 16.6. The van der Waals surface area contributed by atoms with Crippen LogP contribution in [0.15, 0.2) is 12.3 Å². The molecule has 0 aromatic carbocycles. The Balaban J connectivity index is 4.25. The monoisotopic (exact) mass is 448 g/mol. The third-order valence-corrected chi connectivity index (χ3v) is 6.70. The zero-order valence-electron chi connectivity index (χ0n) is 20.0. The SMILES string of the molecule is C=C[Si](OCCCOCCCC)(OCCCOCCCC)OCCCOCCCC. The summed E-state index contributed by atoms with van der Waals surface area (Å²) < 4.78 is 35.1. The molecule has 30 heavy (non-hydrogen) atoms. The molecule has 180 valence electrons. The molecule has 0 atom stereocenters. The maximum atomic E-state index is 6.09. The van der Waals surface area contributed by atoms with Crippen molar-refractivity contribution < 1.29 is 27.5 Å². The van der Waals surface area contributed by atoms with Gasteiger partial charge in [-0.3, -0.25) is 0 Å². The molecule has 0 aromatic heterocycles. The Morgan fingerprint density at radius 1 is 0.500 bits per heavy atom.